The Morgan fingerprint density at radius 2 is 2.08 bits per heavy atom. The first-order chi connectivity index (χ1) is 5.58. The summed E-state index contributed by atoms with van der Waals surface area (Å²) in [7, 11) is 0. The topological polar surface area (TPSA) is 26.0 Å². The van der Waals surface area contributed by atoms with E-state index in [1.165, 1.54) is 0 Å². The first-order valence-electron chi connectivity index (χ1n) is 3.75. The quantitative estimate of drug-likeness (QED) is 0.771. The van der Waals surface area contributed by atoms with E-state index in [0.717, 1.165) is 10.0 Å². The Morgan fingerprint density at radius 1 is 1.50 bits per heavy atom. The molecular formula is C10H12BrN. The Kier molecular flexibility index (Phi) is 2.70. The Balaban J connectivity index is 3.19. The highest BCUT2D eigenvalue weighted by molar-refractivity contribution is 9.10. The Morgan fingerprint density at radius 3 is 2.58 bits per heavy atom. The van der Waals surface area contributed by atoms with Gasteiger partial charge in [-0.15, -0.1) is 6.58 Å². The molecule has 1 aromatic rings. The van der Waals surface area contributed by atoms with Crippen LogP contribution in [0.2, 0.25) is 0 Å². The first-order valence-corrected chi connectivity index (χ1v) is 4.54. The highest BCUT2D eigenvalue weighted by Crippen LogP contribution is 2.26. The summed E-state index contributed by atoms with van der Waals surface area (Å²) in [6.45, 7) is 5.63. The third-order valence-corrected chi connectivity index (χ3v) is 2.57. The molecule has 0 aliphatic heterocycles. The van der Waals surface area contributed by atoms with Gasteiger partial charge in [0.15, 0.2) is 0 Å². The number of halogens is 1. The average Bonchev–Trinajstić information content (AvgIpc) is 2.05. The largest absolute Gasteiger partial charge is 0.318 e. The molecule has 1 atom stereocenters. The third kappa shape index (κ3) is 1.76. The molecule has 12 heavy (non-hydrogen) atoms. The van der Waals surface area contributed by atoms with Gasteiger partial charge >= 0.3 is 0 Å². The van der Waals surface area contributed by atoms with Gasteiger partial charge in [0.1, 0.15) is 0 Å². The summed E-state index contributed by atoms with van der Waals surface area (Å²) < 4.78 is 1.02. The molecule has 2 N–H and O–H groups in total. The summed E-state index contributed by atoms with van der Waals surface area (Å²) >= 11 is 3.45. The van der Waals surface area contributed by atoms with Crippen LogP contribution in [0.1, 0.15) is 12.5 Å². The van der Waals surface area contributed by atoms with Crippen molar-refractivity contribution in [2.45, 2.75) is 12.5 Å². The number of benzene rings is 1. The molecule has 0 aliphatic rings. The second-order valence-corrected chi connectivity index (χ2v) is 3.82. The van der Waals surface area contributed by atoms with Crippen LogP contribution in [0.5, 0.6) is 0 Å². The fourth-order valence-electron chi connectivity index (χ4n) is 1.01. The van der Waals surface area contributed by atoms with Crippen LogP contribution in [0.4, 0.5) is 0 Å². The van der Waals surface area contributed by atoms with Crippen LogP contribution in [-0.4, -0.2) is 0 Å². The highest BCUT2D eigenvalue weighted by atomic mass is 79.9. The standard InChI is InChI=1S/C10H12BrN/c1-3-10(2,12)8-6-4-5-7-9(8)11/h3-7H,1,12H2,2H3/t10-/m0/s1. The summed E-state index contributed by atoms with van der Waals surface area (Å²) in [4.78, 5) is 0. The van der Waals surface area contributed by atoms with Gasteiger partial charge in [-0.2, -0.15) is 0 Å². The van der Waals surface area contributed by atoms with Crippen LogP contribution in [0.25, 0.3) is 0 Å². The van der Waals surface area contributed by atoms with E-state index < -0.39 is 5.54 Å². The number of hydrogen-bond donors (Lipinski definition) is 1. The van der Waals surface area contributed by atoms with E-state index in [-0.39, 0.29) is 0 Å². The lowest BCUT2D eigenvalue weighted by Gasteiger charge is -2.21. The Labute approximate surface area is 81.4 Å². The fraction of sp³-hybridized carbons (Fsp3) is 0.200. The van der Waals surface area contributed by atoms with E-state index in [1.807, 2.05) is 31.2 Å². The highest BCUT2D eigenvalue weighted by Gasteiger charge is 2.18. The molecule has 1 aromatic carbocycles. The van der Waals surface area contributed by atoms with Gasteiger partial charge < -0.3 is 5.73 Å². The van der Waals surface area contributed by atoms with Crippen LogP contribution in [0.3, 0.4) is 0 Å². The minimum Gasteiger partial charge on any atom is -0.318 e. The molecule has 0 saturated heterocycles. The zero-order valence-electron chi connectivity index (χ0n) is 7.05. The van der Waals surface area contributed by atoms with Gasteiger partial charge in [-0.25, -0.2) is 0 Å². The first kappa shape index (κ1) is 9.49. The lowest BCUT2D eigenvalue weighted by molar-refractivity contribution is 0.628. The van der Waals surface area contributed by atoms with Crippen molar-refractivity contribution in [1.82, 2.24) is 0 Å². The predicted molar refractivity (Wildman–Crippen MR) is 55.9 cm³/mol. The van der Waals surface area contributed by atoms with Crippen LogP contribution < -0.4 is 5.73 Å². The summed E-state index contributed by atoms with van der Waals surface area (Å²) in [6.07, 6.45) is 1.74. The normalized spacial score (nSPS) is 15.2. The van der Waals surface area contributed by atoms with Crippen molar-refractivity contribution in [1.29, 1.82) is 0 Å². The molecule has 0 spiro atoms. The van der Waals surface area contributed by atoms with Gasteiger partial charge in [-0.05, 0) is 18.6 Å². The smallest absolute Gasteiger partial charge is 0.0575 e. The van der Waals surface area contributed by atoms with E-state index in [1.54, 1.807) is 6.08 Å². The van der Waals surface area contributed by atoms with E-state index >= 15 is 0 Å². The van der Waals surface area contributed by atoms with Gasteiger partial charge in [0.2, 0.25) is 0 Å². The van der Waals surface area contributed by atoms with Gasteiger partial charge in [0.05, 0.1) is 5.54 Å². The van der Waals surface area contributed by atoms with Gasteiger partial charge in [-0.1, -0.05) is 40.2 Å². The second-order valence-electron chi connectivity index (χ2n) is 2.97. The van der Waals surface area contributed by atoms with Crippen molar-refractivity contribution in [3.05, 3.63) is 47.0 Å². The second kappa shape index (κ2) is 3.42. The average molecular weight is 226 g/mol. The number of hydrogen-bond acceptors (Lipinski definition) is 1. The predicted octanol–water partition coefficient (Wildman–Crippen LogP) is 2.81. The molecule has 0 bridgehead atoms. The molecule has 0 radical (unpaired) electrons. The fourth-order valence-corrected chi connectivity index (χ4v) is 1.72. The van der Waals surface area contributed by atoms with Crippen molar-refractivity contribution in [2.24, 2.45) is 5.73 Å². The summed E-state index contributed by atoms with van der Waals surface area (Å²) in [5, 5.41) is 0. The van der Waals surface area contributed by atoms with Crippen molar-refractivity contribution >= 4 is 15.9 Å². The van der Waals surface area contributed by atoms with E-state index in [9.17, 15) is 0 Å². The summed E-state index contributed by atoms with van der Waals surface area (Å²) in [5.41, 5.74) is 6.59. The van der Waals surface area contributed by atoms with Crippen molar-refractivity contribution in [3.63, 3.8) is 0 Å². The lowest BCUT2D eigenvalue weighted by Crippen LogP contribution is -2.30. The molecule has 1 rings (SSSR count). The van der Waals surface area contributed by atoms with Gasteiger partial charge in [0, 0.05) is 4.47 Å². The maximum Gasteiger partial charge on any atom is 0.0575 e. The van der Waals surface area contributed by atoms with Crippen molar-refractivity contribution in [2.75, 3.05) is 0 Å². The van der Waals surface area contributed by atoms with Crippen LogP contribution >= 0.6 is 15.9 Å². The summed E-state index contributed by atoms with van der Waals surface area (Å²) in [6, 6.07) is 7.90. The molecule has 0 unspecified atom stereocenters. The molecule has 0 heterocycles. The Bertz CT molecular complexity index is 292. The van der Waals surface area contributed by atoms with Crippen LogP contribution in [-0.2, 0) is 5.54 Å². The van der Waals surface area contributed by atoms with Crippen molar-refractivity contribution in [3.8, 4) is 0 Å². The summed E-state index contributed by atoms with van der Waals surface area (Å²) in [5.74, 6) is 0. The number of nitrogens with two attached hydrogens (primary N) is 1. The molecular weight excluding hydrogens is 214 g/mol. The van der Waals surface area contributed by atoms with E-state index in [0.29, 0.717) is 0 Å². The van der Waals surface area contributed by atoms with Gasteiger partial charge in [0.25, 0.3) is 0 Å². The minimum absolute atomic E-state index is 0.458. The molecule has 0 amide bonds. The molecule has 0 fully saturated rings. The molecule has 0 aromatic heterocycles. The van der Waals surface area contributed by atoms with Crippen LogP contribution in [0.15, 0.2) is 41.4 Å². The monoisotopic (exact) mass is 225 g/mol. The number of rotatable bonds is 2. The lowest BCUT2D eigenvalue weighted by atomic mass is 9.94. The molecule has 2 heteroatoms. The minimum atomic E-state index is -0.458. The molecule has 0 saturated carbocycles. The van der Waals surface area contributed by atoms with E-state index in [4.69, 9.17) is 5.73 Å². The van der Waals surface area contributed by atoms with Crippen molar-refractivity contribution < 1.29 is 0 Å². The third-order valence-electron chi connectivity index (χ3n) is 1.88. The van der Waals surface area contributed by atoms with Crippen LogP contribution in [0, 0.1) is 0 Å². The molecule has 64 valence electrons. The maximum absolute atomic E-state index is 5.99. The zero-order chi connectivity index (χ0) is 9.19. The maximum atomic E-state index is 5.99. The molecule has 1 nitrogen and oxygen atoms in total. The van der Waals surface area contributed by atoms with Gasteiger partial charge in [-0.3, -0.25) is 0 Å². The Hall–Kier alpha value is -0.600. The molecule has 0 aliphatic carbocycles. The van der Waals surface area contributed by atoms with E-state index in [2.05, 4.69) is 22.5 Å². The SMILES string of the molecule is C=C[C@](C)(N)c1ccccc1Br. The zero-order valence-corrected chi connectivity index (χ0v) is 8.64.